The van der Waals surface area contributed by atoms with Crippen LogP contribution in [-0.4, -0.2) is 40.0 Å². The maximum Gasteiger partial charge on any atom is 0.410 e. The van der Waals surface area contributed by atoms with Gasteiger partial charge in [-0.05, 0) is 58.9 Å². The van der Waals surface area contributed by atoms with Crippen molar-refractivity contribution in [1.82, 2.24) is 14.7 Å². The summed E-state index contributed by atoms with van der Waals surface area (Å²) in [5, 5.41) is 4.62. The average Bonchev–Trinajstić information content (AvgIpc) is 2.80. The average molecular weight is 377 g/mol. The summed E-state index contributed by atoms with van der Waals surface area (Å²) in [4.78, 5) is 15.9. The minimum absolute atomic E-state index is 0.324. The van der Waals surface area contributed by atoms with Crippen LogP contribution in [0, 0.1) is 13.8 Å². The number of nitrogens with zero attached hydrogens (tertiary/aromatic N) is 3. The van der Waals surface area contributed by atoms with Crippen LogP contribution in [0.25, 0.3) is 0 Å². The molecule has 0 saturated heterocycles. The molecule has 0 spiro atoms. The Bertz CT molecular complexity index is 763. The molecule has 0 radical (unpaired) electrons. The van der Waals surface area contributed by atoms with Gasteiger partial charge in [0.15, 0.2) is 0 Å². The Hall–Kier alpha value is -2.15. The molecule has 2 N–H and O–H groups in total. The van der Waals surface area contributed by atoms with Gasteiger partial charge in [0.25, 0.3) is 0 Å². The number of nitrogen functional groups attached to an aromatic ring is 1. The summed E-state index contributed by atoms with van der Waals surface area (Å²) in [6.45, 7) is 10.8. The highest BCUT2D eigenvalue weighted by Crippen LogP contribution is 2.33. The minimum Gasteiger partial charge on any atom is -0.444 e. The third-order valence-corrected chi connectivity index (χ3v) is 5.07. The summed E-state index contributed by atoms with van der Waals surface area (Å²) in [6.07, 6.45) is -0.324. The third kappa shape index (κ3) is 5.42. The second-order valence-corrected chi connectivity index (χ2v) is 8.38. The fourth-order valence-electron chi connectivity index (χ4n) is 2.38. The summed E-state index contributed by atoms with van der Waals surface area (Å²) >= 11 is 1.67. The Morgan fingerprint density at radius 2 is 1.88 bits per heavy atom. The van der Waals surface area contributed by atoms with Crippen molar-refractivity contribution in [1.29, 1.82) is 0 Å². The van der Waals surface area contributed by atoms with Gasteiger partial charge in [-0.2, -0.15) is 5.10 Å². The lowest BCUT2D eigenvalue weighted by atomic mass is 10.2. The first-order valence-corrected chi connectivity index (χ1v) is 9.40. The van der Waals surface area contributed by atoms with Crippen molar-refractivity contribution in [3.63, 3.8) is 0 Å². The zero-order chi connectivity index (χ0) is 19.5. The molecule has 7 heteroatoms. The zero-order valence-corrected chi connectivity index (χ0v) is 17.2. The van der Waals surface area contributed by atoms with Crippen LogP contribution in [0.2, 0.25) is 0 Å². The molecule has 2 aromatic rings. The van der Waals surface area contributed by atoms with Gasteiger partial charge in [0, 0.05) is 29.9 Å². The van der Waals surface area contributed by atoms with Gasteiger partial charge in [0.05, 0.1) is 17.1 Å². The molecule has 2 rings (SSSR count). The second kappa shape index (κ2) is 8.03. The predicted octanol–water partition coefficient (Wildman–Crippen LogP) is 4.10. The van der Waals surface area contributed by atoms with E-state index in [2.05, 4.69) is 5.10 Å². The molecular weight excluding hydrogens is 348 g/mol. The van der Waals surface area contributed by atoms with Crippen molar-refractivity contribution in [3.8, 4) is 0 Å². The summed E-state index contributed by atoms with van der Waals surface area (Å²) < 4.78 is 7.32. The maximum absolute atomic E-state index is 12.1. The van der Waals surface area contributed by atoms with E-state index in [-0.39, 0.29) is 6.09 Å². The largest absolute Gasteiger partial charge is 0.444 e. The Labute approximate surface area is 159 Å². The van der Waals surface area contributed by atoms with Crippen molar-refractivity contribution >= 4 is 23.5 Å². The highest BCUT2D eigenvalue weighted by atomic mass is 32.2. The van der Waals surface area contributed by atoms with Gasteiger partial charge in [-0.25, -0.2) is 4.79 Å². The molecule has 1 aromatic carbocycles. The molecule has 0 fully saturated rings. The van der Waals surface area contributed by atoms with Crippen LogP contribution in [0.3, 0.4) is 0 Å². The monoisotopic (exact) mass is 376 g/mol. The van der Waals surface area contributed by atoms with E-state index in [9.17, 15) is 4.79 Å². The molecule has 0 unspecified atom stereocenters. The highest BCUT2D eigenvalue weighted by molar-refractivity contribution is 7.99. The molecule has 0 aliphatic carbocycles. The number of carbonyl (C=O) groups excluding carboxylic acids is 1. The number of nitrogens with two attached hydrogens (primary N) is 1. The topological polar surface area (TPSA) is 73.4 Å². The number of hydrogen-bond acceptors (Lipinski definition) is 5. The van der Waals surface area contributed by atoms with Crippen LogP contribution >= 0.6 is 11.8 Å². The van der Waals surface area contributed by atoms with Crippen LogP contribution in [0.5, 0.6) is 0 Å². The van der Waals surface area contributed by atoms with Crippen molar-refractivity contribution < 1.29 is 9.53 Å². The van der Waals surface area contributed by atoms with Crippen LogP contribution in [-0.2, 0) is 11.3 Å². The lowest BCUT2D eigenvalue weighted by Crippen LogP contribution is -2.36. The lowest BCUT2D eigenvalue weighted by molar-refractivity contribution is 0.0292. The number of ether oxygens (including phenoxy) is 1. The van der Waals surface area contributed by atoms with Crippen molar-refractivity contribution in [2.24, 2.45) is 0 Å². The van der Waals surface area contributed by atoms with E-state index >= 15 is 0 Å². The molecule has 1 aromatic heterocycles. The highest BCUT2D eigenvalue weighted by Gasteiger charge is 2.20. The number of aromatic nitrogens is 2. The fourth-order valence-corrected chi connectivity index (χ4v) is 3.32. The quantitative estimate of drug-likeness (QED) is 0.795. The normalized spacial score (nSPS) is 11.5. The molecule has 6 nitrogen and oxygen atoms in total. The smallest absolute Gasteiger partial charge is 0.410 e. The van der Waals surface area contributed by atoms with Gasteiger partial charge >= 0.3 is 6.09 Å². The van der Waals surface area contributed by atoms with E-state index in [1.54, 1.807) is 23.7 Å². The standard InChI is InChI=1S/C19H28N4O2S/c1-13-17(26-16-9-7-15(20)8-10-16)14(2)23(21-13)12-11-22(6)18(24)25-19(3,4)5/h7-10H,11-12,20H2,1-6H3. The van der Waals surface area contributed by atoms with Crippen LogP contribution in [0.1, 0.15) is 32.2 Å². The van der Waals surface area contributed by atoms with E-state index in [1.165, 1.54) is 0 Å². The Morgan fingerprint density at radius 1 is 1.27 bits per heavy atom. The molecule has 26 heavy (non-hydrogen) atoms. The Kier molecular flexibility index (Phi) is 6.23. The van der Waals surface area contributed by atoms with Gasteiger partial charge in [0.1, 0.15) is 5.60 Å². The fraction of sp³-hybridized carbons (Fsp3) is 0.474. The van der Waals surface area contributed by atoms with Gasteiger partial charge in [0.2, 0.25) is 0 Å². The van der Waals surface area contributed by atoms with Gasteiger partial charge in [-0.3, -0.25) is 4.68 Å². The molecule has 0 aliphatic heterocycles. The van der Waals surface area contributed by atoms with Crippen LogP contribution in [0.15, 0.2) is 34.1 Å². The number of amides is 1. The summed E-state index contributed by atoms with van der Waals surface area (Å²) in [5.41, 5.74) is 8.07. The number of hydrogen-bond donors (Lipinski definition) is 1. The molecule has 1 heterocycles. The number of likely N-dealkylation sites (N-methyl/N-ethyl adjacent to an activating group) is 1. The minimum atomic E-state index is -0.494. The van der Waals surface area contributed by atoms with Gasteiger partial charge in [-0.1, -0.05) is 11.8 Å². The Morgan fingerprint density at radius 3 is 2.46 bits per heavy atom. The molecule has 0 atom stereocenters. The van der Waals surface area contributed by atoms with Crippen molar-refractivity contribution in [2.75, 3.05) is 19.3 Å². The SMILES string of the molecule is Cc1nn(CCN(C)C(=O)OC(C)(C)C)c(C)c1Sc1ccc(N)cc1. The van der Waals surface area contributed by atoms with Crippen LogP contribution < -0.4 is 5.73 Å². The van der Waals surface area contributed by atoms with Crippen molar-refractivity contribution in [3.05, 3.63) is 35.7 Å². The number of carbonyl (C=O) groups is 1. The zero-order valence-electron chi connectivity index (χ0n) is 16.4. The molecule has 1 amide bonds. The first-order chi connectivity index (χ1) is 12.1. The van der Waals surface area contributed by atoms with Crippen molar-refractivity contribution in [2.45, 2.75) is 56.6 Å². The van der Waals surface area contributed by atoms with E-state index in [0.717, 1.165) is 26.9 Å². The maximum atomic E-state index is 12.1. The summed E-state index contributed by atoms with van der Waals surface area (Å²) in [5.74, 6) is 0. The summed E-state index contributed by atoms with van der Waals surface area (Å²) in [7, 11) is 1.74. The number of rotatable bonds is 5. The number of aryl methyl sites for hydroxylation is 1. The first-order valence-electron chi connectivity index (χ1n) is 8.58. The van der Waals surface area contributed by atoms with E-state index in [0.29, 0.717) is 13.1 Å². The molecule has 142 valence electrons. The second-order valence-electron chi connectivity index (χ2n) is 7.30. The number of benzene rings is 1. The van der Waals surface area contributed by atoms with Crippen LogP contribution in [0.4, 0.5) is 10.5 Å². The molecular formula is C19H28N4O2S. The third-order valence-electron chi connectivity index (χ3n) is 3.77. The van der Waals surface area contributed by atoms with Gasteiger partial charge < -0.3 is 15.4 Å². The van der Waals surface area contributed by atoms with E-state index in [4.69, 9.17) is 10.5 Å². The molecule has 0 aliphatic rings. The molecule has 0 bridgehead atoms. The summed E-state index contributed by atoms with van der Waals surface area (Å²) in [6, 6.07) is 7.80. The van der Waals surface area contributed by atoms with E-state index in [1.807, 2.05) is 63.6 Å². The van der Waals surface area contributed by atoms with E-state index < -0.39 is 5.60 Å². The number of anilines is 1. The Balaban J connectivity index is 2.03. The predicted molar refractivity (Wildman–Crippen MR) is 106 cm³/mol. The van der Waals surface area contributed by atoms with Gasteiger partial charge in [-0.15, -0.1) is 0 Å². The first kappa shape index (κ1) is 20.2. The lowest BCUT2D eigenvalue weighted by Gasteiger charge is -2.24. The molecule has 0 saturated carbocycles.